The van der Waals surface area contributed by atoms with E-state index in [1.165, 1.54) is 5.56 Å². The summed E-state index contributed by atoms with van der Waals surface area (Å²) in [5.74, 6) is 0. The number of hydrogen-bond acceptors (Lipinski definition) is 2. The van der Waals surface area contributed by atoms with Crippen molar-refractivity contribution in [3.63, 3.8) is 0 Å². The standard InChI is InChI=1S/C10H13NO/c1-8-5-4-6-10(7-8)9(2)11-12-3/h4-7H,1-3H3/b11-9+. The predicted molar refractivity (Wildman–Crippen MR) is 50.4 cm³/mol. The van der Waals surface area contributed by atoms with Gasteiger partial charge in [0.15, 0.2) is 0 Å². The highest BCUT2D eigenvalue weighted by Crippen LogP contribution is 2.05. The van der Waals surface area contributed by atoms with Gasteiger partial charge < -0.3 is 4.84 Å². The maximum Gasteiger partial charge on any atom is 0.106 e. The summed E-state index contributed by atoms with van der Waals surface area (Å²) >= 11 is 0. The SMILES string of the molecule is CO/N=C(\C)c1cccc(C)c1. The van der Waals surface area contributed by atoms with E-state index in [2.05, 4.69) is 29.0 Å². The van der Waals surface area contributed by atoms with Crippen LogP contribution in [-0.2, 0) is 4.84 Å². The van der Waals surface area contributed by atoms with Crippen molar-refractivity contribution in [3.8, 4) is 0 Å². The van der Waals surface area contributed by atoms with Crippen LogP contribution >= 0.6 is 0 Å². The minimum Gasteiger partial charge on any atom is -0.399 e. The fourth-order valence-electron chi connectivity index (χ4n) is 1.06. The summed E-state index contributed by atoms with van der Waals surface area (Å²) in [4.78, 5) is 4.69. The van der Waals surface area contributed by atoms with Gasteiger partial charge in [0.05, 0.1) is 5.71 Å². The van der Waals surface area contributed by atoms with Gasteiger partial charge in [-0.3, -0.25) is 0 Å². The van der Waals surface area contributed by atoms with E-state index in [0.29, 0.717) is 0 Å². The van der Waals surface area contributed by atoms with Crippen LogP contribution in [-0.4, -0.2) is 12.8 Å². The van der Waals surface area contributed by atoms with E-state index < -0.39 is 0 Å². The van der Waals surface area contributed by atoms with Gasteiger partial charge in [-0.05, 0) is 19.4 Å². The van der Waals surface area contributed by atoms with E-state index in [1.54, 1.807) is 7.11 Å². The Bertz CT molecular complexity index is 292. The Kier molecular flexibility index (Phi) is 2.86. The van der Waals surface area contributed by atoms with Gasteiger partial charge >= 0.3 is 0 Å². The monoisotopic (exact) mass is 163 g/mol. The van der Waals surface area contributed by atoms with Gasteiger partial charge in [0.2, 0.25) is 0 Å². The highest BCUT2D eigenvalue weighted by molar-refractivity contribution is 5.98. The molecular formula is C10H13NO. The van der Waals surface area contributed by atoms with Gasteiger partial charge in [0, 0.05) is 0 Å². The normalized spacial score (nSPS) is 11.4. The van der Waals surface area contributed by atoms with Crippen LogP contribution in [0.25, 0.3) is 0 Å². The summed E-state index contributed by atoms with van der Waals surface area (Å²) in [5, 5.41) is 3.85. The third-order valence-electron chi connectivity index (χ3n) is 1.66. The molecule has 0 bridgehead atoms. The molecule has 0 spiro atoms. The Morgan fingerprint density at radius 2 is 2.17 bits per heavy atom. The lowest BCUT2D eigenvalue weighted by Gasteiger charge is -2.00. The molecule has 0 radical (unpaired) electrons. The van der Waals surface area contributed by atoms with Crippen LogP contribution in [0.1, 0.15) is 18.1 Å². The van der Waals surface area contributed by atoms with Crippen molar-refractivity contribution in [1.82, 2.24) is 0 Å². The molecule has 0 saturated carbocycles. The minimum atomic E-state index is 0.904. The van der Waals surface area contributed by atoms with Crippen LogP contribution < -0.4 is 0 Å². The molecule has 1 aromatic carbocycles. The molecule has 64 valence electrons. The summed E-state index contributed by atoms with van der Waals surface area (Å²) in [6.45, 7) is 3.99. The first kappa shape index (κ1) is 8.78. The highest BCUT2D eigenvalue weighted by Gasteiger charge is 1.96. The molecule has 1 aromatic rings. The van der Waals surface area contributed by atoms with Gasteiger partial charge in [-0.25, -0.2) is 0 Å². The Morgan fingerprint density at radius 1 is 1.42 bits per heavy atom. The average molecular weight is 163 g/mol. The molecule has 12 heavy (non-hydrogen) atoms. The van der Waals surface area contributed by atoms with E-state index in [9.17, 15) is 0 Å². The molecule has 0 aliphatic heterocycles. The number of rotatable bonds is 2. The first-order valence-electron chi connectivity index (χ1n) is 3.89. The fraction of sp³-hybridized carbons (Fsp3) is 0.300. The fourth-order valence-corrected chi connectivity index (χ4v) is 1.06. The second-order valence-corrected chi connectivity index (χ2v) is 2.73. The van der Waals surface area contributed by atoms with Crippen molar-refractivity contribution in [2.24, 2.45) is 5.16 Å². The van der Waals surface area contributed by atoms with Crippen molar-refractivity contribution in [2.45, 2.75) is 13.8 Å². The number of aryl methyl sites for hydroxylation is 1. The third-order valence-corrected chi connectivity index (χ3v) is 1.66. The van der Waals surface area contributed by atoms with E-state index >= 15 is 0 Å². The zero-order valence-electron chi connectivity index (χ0n) is 7.66. The summed E-state index contributed by atoms with van der Waals surface area (Å²) in [6, 6.07) is 8.17. The molecule has 0 amide bonds. The summed E-state index contributed by atoms with van der Waals surface area (Å²) < 4.78 is 0. The smallest absolute Gasteiger partial charge is 0.106 e. The second-order valence-electron chi connectivity index (χ2n) is 2.73. The van der Waals surface area contributed by atoms with Gasteiger partial charge in [-0.1, -0.05) is 35.0 Å². The highest BCUT2D eigenvalue weighted by atomic mass is 16.6. The second kappa shape index (κ2) is 3.90. The van der Waals surface area contributed by atoms with E-state index in [-0.39, 0.29) is 0 Å². The molecule has 0 aromatic heterocycles. The number of nitrogens with zero attached hydrogens (tertiary/aromatic N) is 1. The molecule has 0 saturated heterocycles. The molecule has 0 unspecified atom stereocenters. The van der Waals surface area contributed by atoms with Crippen LogP contribution in [0.2, 0.25) is 0 Å². The van der Waals surface area contributed by atoms with Crippen LogP contribution in [0.5, 0.6) is 0 Å². The van der Waals surface area contributed by atoms with E-state index in [0.717, 1.165) is 11.3 Å². The lowest BCUT2D eigenvalue weighted by Crippen LogP contribution is -1.95. The Morgan fingerprint density at radius 3 is 2.75 bits per heavy atom. The topological polar surface area (TPSA) is 21.6 Å². The molecule has 0 aliphatic rings. The molecule has 1 rings (SSSR count). The van der Waals surface area contributed by atoms with E-state index in [4.69, 9.17) is 0 Å². The average Bonchev–Trinajstić information content (AvgIpc) is 2.05. The summed E-state index contributed by atoms with van der Waals surface area (Å²) in [6.07, 6.45) is 0. The molecule has 2 nitrogen and oxygen atoms in total. The molecule has 0 heterocycles. The van der Waals surface area contributed by atoms with Crippen LogP contribution in [0.4, 0.5) is 0 Å². The van der Waals surface area contributed by atoms with E-state index in [1.807, 2.05) is 19.1 Å². The molecular weight excluding hydrogens is 150 g/mol. The molecule has 0 atom stereocenters. The zero-order chi connectivity index (χ0) is 8.97. The quantitative estimate of drug-likeness (QED) is 0.484. The van der Waals surface area contributed by atoms with Gasteiger partial charge in [0.25, 0.3) is 0 Å². The van der Waals surface area contributed by atoms with Crippen LogP contribution in [0, 0.1) is 6.92 Å². The zero-order valence-corrected chi connectivity index (χ0v) is 7.66. The number of hydrogen-bond donors (Lipinski definition) is 0. The lowest BCUT2D eigenvalue weighted by atomic mass is 10.1. The van der Waals surface area contributed by atoms with Gasteiger partial charge in [0.1, 0.15) is 7.11 Å². The van der Waals surface area contributed by atoms with Crippen molar-refractivity contribution in [3.05, 3.63) is 35.4 Å². The van der Waals surface area contributed by atoms with Gasteiger partial charge in [-0.15, -0.1) is 0 Å². The summed E-state index contributed by atoms with van der Waals surface area (Å²) in [5.41, 5.74) is 3.25. The maximum absolute atomic E-state index is 4.69. The third kappa shape index (κ3) is 2.09. The minimum absolute atomic E-state index is 0.904. The van der Waals surface area contributed by atoms with Crippen LogP contribution in [0.15, 0.2) is 29.4 Å². The number of oxime groups is 1. The first-order valence-corrected chi connectivity index (χ1v) is 3.89. The molecule has 0 N–H and O–H groups in total. The van der Waals surface area contributed by atoms with Gasteiger partial charge in [-0.2, -0.15) is 0 Å². The Labute approximate surface area is 72.9 Å². The molecule has 0 fully saturated rings. The summed E-state index contributed by atoms with van der Waals surface area (Å²) in [7, 11) is 1.55. The molecule has 2 heteroatoms. The number of benzene rings is 1. The van der Waals surface area contributed by atoms with Crippen molar-refractivity contribution >= 4 is 5.71 Å². The van der Waals surface area contributed by atoms with Crippen molar-refractivity contribution in [1.29, 1.82) is 0 Å². The Balaban J connectivity index is 2.95. The Hall–Kier alpha value is -1.31. The largest absolute Gasteiger partial charge is 0.399 e. The first-order chi connectivity index (χ1) is 5.74. The maximum atomic E-state index is 4.69. The lowest BCUT2D eigenvalue weighted by molar-refractivity contribution is 0.213. The molecule has 0 aliphatic carbocycles. The van der Waals surface area contributed by atoms with Crippen LogP contribution in [0.3, 0.4) is 0 Å². The van der Waals surface area contributed by atoms with Crippen molar-refractivity contribution < 1.29 is 4.84 Å². The van der Waals surface area contributed by atoms with Crippen molar-refractivity contribution in [2.75, 3.05) is 7.11 Å². The predicted octanol–water partition coefficient (Wildman–Crippen LogP) is 2.37.